The Morgan fingerprint density at radius 1 is 1.30 bits per heavy atom. The predicted molar refractivity (Wildman–Crippen MR) is 129 cm³/mol. The zero-order valence-electron chi connectivity index (χ0n) is 17.4. The van der Waals surface area contributed by atoms with Crippen molar-refractivity contribution in [3.05, 3.63) is 41.7 Å². The molecule has 7 nitrogen and oxygen atoms in total. The molecule has 1 aliphatic rings. The molecule has 3 rings (SSSR count). The van der Waals surface area contributed by atoms with Gasteiger partial charge in [-0.25, -0.2) is 9.38 Å². The average molecular weight is 548 g/mol. The van der Waals surface area contributed by atoms with E-state index in [2.05, 4.69) is 25.8 Å². The molecule has 30 heavy (non-hydrogen) atoms. The number of aliphatic imine (C=N–C) groups is 1. The predicted octanol–water partition coefficient (Wildman–Crippen LogP) is 3.28. The Labute approximate surface area is 198 Å². The van der Waals surface area contributed by atoms with Crippen LogP contribution in [0.25, 0.3) is 0 Å². The third-order valence-corrected chi connectivity index (χ3v) is 5.88. The first-order valence-corrected chi connectivity index (χ1v) is 11.0. The van der Waals surface area contributed by atoms with Gasteiger partial charge in [-0.05, 0) is 56.2 Å². The Morgan fingerprint density at radius 2 is 2.10 bits per heavy atom. The second-order valence-electron chi connectivity index (χ2n) is 6.99. The van der Waals surface area contributed by atoms with Crippen LogP contribution in [0.3, 0.4) is 0 Å². The van der Waals surface area contributed by atoms with Gasteiger partial charge in [-0.2, -0.15) is 0 Å². The third-order valence-electron chi connectivity index (χ3n) is 4.78. The molecule has 1 atom stereocenters. The highest BCUT2D eigenvalue weighted by Crippen LogP contribution is 2.18. The van der Waals surface area contributed by atoms with Crippen molar-refractivity contribution in [1.82, 2.24) is 25.4 Å². The molecule has 0 aliphatic carbocycles. The summed E-state index contributed by atoms with van der Waals surface area (Å²) in [6.45, 7) is 4.76. The summed E-state index contributed by atoms with van der Waals surface area (Å²) in [7, 11) is 1.94. The van der Waals surface area contributed by atoms with E-state index in [9.17, 15) is 4.39 Å². The van der Waals surface area contributed by atoms with Crippen LogP contribution in [0, 0.1) is 12.7 Å². The number of aryl methyl sites for hydroxylation is 1. The summed E-state index contributed by atoms with van der Waals surface area (Å²) in [6.07, 6.45) is 3.40. The zero-order chi connectivity index (χ0) is 20.5. The topological polar surface area (TPSA) is 76.4 Å². The van der Waals surface area contributed by atoms with Crippen molar-refractivity contribution in [2.45, 2.75) is 43.7 Å². The van der Waals surface area contributed by atoms with E-state index in [1.54, 1.807) is 11.8 Å². The lowest BCUT2D eigenvalue weighted by Gasteiger charge is -2.15. The summed E-state index contributed by atoms with van der Waals surface area (Å²) < 4.78 is 20.6. The number of nitrogens with zero attached hydrogens (tertiary/aromatic N) is 4. The van der Waals surface area contributed by atoms with E-state index in [-0.39, 0.29) is 35.9 Å². The second kappa shape index (κ2) is 13.1. The van der Waals surface area contributed by atoms with Crippen molar-refractivity contribution in [3.63, 3.8) is 0 Å². The van der Waals surface area contributed by atoms with Gasteiger partial charge in [0, 0.05) is 31.6 Å². The molecule has 0 amide bonds. The monoisotopic (exact) mass is 548 g/mol. The van der Waals surface area contributed by atoms with Crippen LogP contribution < -0.4 is 10.6 Å². The van der Waals surface area contributed by atoms with Crippen molar-refractivity contribution < 1.29 is 9.13 Å². The number of nitrogens with one attached hydrogen (secondary N) is 2. The molecule has 0 radical (unpaired) electrons. The van der Waals surface area contributed by atoms with Crippen molar-refractivity contribution in [2.75, 3.05) is 25.4 Å². The summed E-state index contributed by atoms with van der Waals surface area (Å²) in [5.74, 6) is 3.20. The molecule has 2 heterocycles. The van der Waals surface area contributed by atoms with Crippen LogP contribution in [0.1, 0.15) is 30.9 Å². The molecule has 1 saturated heterocycles. The van der Waals surface area contributed by atoms with Crippen molar-refractivity contribution in [1.29, 1.82) is 0 Å². The number of hydrogen-bond donors (Lipinski definition) is 2. The summed E-state index contributed by atoms with van der Waals surface area (Å²) in [5, 5.41) is 15.0. The summed E-state index contributed by atoms with van der Waals surface area (Å²) in [4.78, 5) is 5.74. The van der Waals surface area contributed by atoms with Gasteiger partial charge in [-0.1, -0.05) is 0 Å². The Bertz CT molecular complexity index is 795. The highest BCUT2D eigenvalue weighted by atomic mass is 127. The largest absolute Gasteiger partial charge is 0.376 e. The minimum absolute atomic E-state index is 0. The first-order chi connectivity index (χ1) is 14.1. The molecule has 0 bridgehead atoms. The Hall–Kier alpha value is -1.40. The summed E-state index contributed by atoms with van der Waals surface area (Å²) in [5.41, 5.74) is 0. The second-order valence-corrected chi connectivity index (χ2v) is 8.15. The molecular formula is C20H30FIN6OS. The zero-order valence-corrected chi connectivity index (χ0v) is 20.6. The van der Waals surface area contributed by atoms with Gasteiger partial charge in [0.2, 0.25) is 0 Å². The smallest absolute Gasteiger partial charge is 0.191 e. The van der Waals surface area contributed by atoms with Gasteiger partial charge in [0.05, 0.1) is 6.10 Å². The number of thioether (sulfide) groups is 1. The molecule has 1 aromatic carbocycles. The number of rotatable bonds is 9. The van der Waals surface area contributed by atoms with Crippen molar-refractivity contribution in [2.24, 2.45) is 12.0 Å². The van der Waals surface area contributed by atoms with E-state index in [4.69, 9.17) is 4.74 Å². The molecule has 2 N–H and O–H groups in total. The highest BCUT2D eigenvalue weighted by Gasteiger charge is 2.15. The van der Waals surface area contributed by atoms with Crippen LogP contribution in [-0.2, 0) is 18.3 Å². The molecule has 1 unspecified atom stereocenters. The van der Waals surface area contributed by atoms with Gasteiger partial charge in [-0.3, -0.25) is 0 Å². The summed E-state index contributed by atoms with van der Waals surface area (Å²) in [6, 6.07) is 6.61. The molecule has 10 heteroatoms. The van der Waals surface area contributed by atoms with Crippen LogP contribution in [-0.4, -0.2) is 52.3 Å². The van der Waals surface area contributed by atoms with Crippen molar-refractivity contribution >= 4 is 41.7 Å². The number of hydrogen-bond acceptors (Lipinski definition) is 5. The highest BCUT2D eigenvalue weighted by molar-refractivity contribution is 14.0. The minimum Gasteiger partial charge on any atom is -0.376 e. The van der Waals surface area contributed by atoms with Gasteiger partial charge < -0.3 is 19.9 Å². The van der Waals surface area contributed by atoms with E-state index in [1.807, 2.05) is 30.7 Å². The van der Waals surface area contributed by atoms with E-state index < -0.39 is 0 Å². The number of guanidine groups is 1. The molecule has 166 valence electrons. The van der Waals surface area contributed by atoms with Crippen LogP contribution in [0.4, 0.5) is 4.39 Å². The van der Waals surface area contributed by atoms with Gasteiger partial charge in [0.25, 0.3) is 0 Å². The quantitative estimate of drug-likeness (QED) is 0.165. The first kappa shape index (κ1) is 24.9. The molecule has 1 fully saturated rings. The number of ether oxygens (including phenoxy) is 1. The maximum absolute atomic E-state index is 13.0. The van der Waals surface area contributed by atoms with E-state index >= 15 is 0 Å². The molecule has 2 aromatic rings. The number of aromatic nitrogens is 3. The normalized spacial score (nSPS) is 16.4. The molecular weight excluding hydrogens is 518 g/mol. The van der Waals surface area contributed by atoms with Gasteiger partial charge >= 0.3 is 0 Å². The first-order valence-electron chi connectivity index (χ1n) is 9.99. The molecule has 1 aromatic heterocycles. The molecule has 0 spiro atoms. The molecule has 0 saturated carbocycles. The standard InChI is InChI=1S/C20H29FN6OS.HI/c1-15-25-26-19(27(15)2)14-24-20(23-13-17-5-3-11-28-17)22-10-4-12-29-18-8-6-16(21)7-9-18;/h6-9,17H,3-5,10-14H2,1-2H3,(H2,22,23,24);1H. The average Bonchev–Trinajstić information content (AvgIpc) is 3.35. The van der Waals surface area contributed by atoms with E-state index in [0.717, 1.165) is 67.2 Å². The van der Waals surface area contributed by atoms with Crippen LogP contribution in [0.5, 0.6) is 0 Å². The lowest BCUT2D eigenvalue weighted by molar-refractivity contribution is 0.114. The van der Waals surface area contributed by atoms with Crippen LogP contribution in [0.2, 0.25) is 0 Å². The lowest BCUT2D eigenvalue weighted by Crippen LogP contribution is -2.41. The Kier molecular flexibility index (Phi) is 10.9. The van der Waals surface area contributed by atoms with Crippen LogP contribution in [0.15, 0.2) is 34.2 Å². The van der Waals surface area contributed by atoms with Gasteiger partial charge in [0.1, 0.15) is 18.2 Å². The number of benzene rings is 1. The van der Waals surface area contributed by atoms with Gasteiger partial charge in [-0.15, -0.1) is 45.9 Å². The Balaban J connectivity index is 0.00000320. The molecule has 1 aliphatic heterocycles. The fourth-order valence-electron chi connectivity index (χ4n) is 2.93. The minimum atomic E-state index is -0.202. The van der Waals surface area contributed by atoms with Gasteiger partial charge in [0.15, 0.2) is 11.8 Å². The number of halogens is 2. The third kappa shape index (κ3) is 8.03. The van der Waals surface area contributed by atoms with E-state index in [1.165, 1.54) is 12.1 Å². The lowest BCUT2D eigenvalue weighted by atomic mass is 10.2. The maximum Gasteiger partial charge on any atom is 0.191 e. The summed E-state index contributed by atoms with van der Waals surface area (Å²) >= 11 is 1.72. The fourth-order valence-corrected chi connectivity index (χ4v) is 3.78. The Morgan fingerprint density at radius 3 is 2.77 bits per heavy atom. The fraction of sp³-hybridized carbons (Fsp3) is 0.550. The van der Waals surface area contributed by atoms with Crippen LogP contribution >= 0.6 is 35.7 Å². The maximum atomic E-state index is 13.0. The van der Waals surface area contributed by atoms with E-state index in [0.29, 0.717) is 6.54 Å². The van der Waals surface area contributed by atoms with Crippen molar-refractivity contribution in [3.8, 4) is 0 Å². The SMILES string of the molecule is Cc1nnc(CN=C(NCCCSc2ccc(F)cc2)NCC2CCCO2)n1C.I.